The van der Waals surface area contributed by atoms with Crippen molar-refractivity contribution < 1.29 is 19.0 Å². The highest BCUT2D eigenvalue weighted by molar-refractivity contribution is 9.10. The van der Waals surface area contributed by atoms with Crippen molar-refractivity contribution in [3.05, 3.63) is 28.0 Å². The Kier molecular flexibility index (Phi) is 2.87. The number of phenolic OH excluding ortho intramolecular Hbond substituents is 1. The number of rotatable bonds is 1. The van der Waals surface area contributed by atoms with Gasteiger partial charge in [-0.25, -0.2) is 9.18 Å². The van der Waals surface area contributed by atoms with Crippen LogP contribution in [0.25, 0.3) is 0 Å². The van der Waals surface area contributed by atoms with Gasteiger partial charge in [0, 0.05) is 0 Å². The third-order valence-corrected chi connectivity index (χ3v) is 2.07. The second kappa shape index (κ2) is 3.74. The molecule has 0 spiro atoms. The number of esters is 1. The molecule has 1 aromatic carbocycles. The fraction of sp³-hybridized carbons (Fsp3) is 0.125. The highest BCUT2D eigenvalue weighted by atomic mass is 79.9. The van der Waals surface area contributed by atoms with Gasteiger partial charge >= 0.3 is 5.97 Å². The predicted molar refractivity (Wildman–Crippen MR) is 47.1 cm³/mol. The number of carbonyl (C=O) groups excluding carboxylic acids is 1. The Morgan fingerprint density at radius 1 is 1.62 bits per heavy atom. The topological polar surface area (TPSA) is 46.5 Å². The van der Waals surface area contributed by atoms with Gasteiger partial charge in [0.1, 0.15) is 11.3 Å². The van der Waals surface area contributed by atoms with E-state index in [-0.39, 0.29) is 4.47 Å². The molecule has 0 amide bonds. The number of phenols is 1. The third kappa shape index (κ3) is 1.80. The molecule has 1 aromatic rings. The van der Waals surface area contributed by atoms with Crippen LogP contribution in [0.3, 0.4) is 0 Å². The van der Waals surface area contributed by atoms with E-state index in [4.69, 9.17) is 5.11 Å². The van der Waals surface area contributed by atoms with Gasteiger partial charge in [0.15, 0.2) is 5.82 Å². The summed E-state index contributed by atoms with van der Waals surface area (Å²) in [5, 5.41) is 9.16. The summed E-state index contributed by atoms with van der Waals surface area (Å²) in [7, 11) is 1.11. The lowest BCUT2D eigenvalue weighted by atomic mass is 10.2. The smallest absolute Gasteiger partial charge is 0.344 e. The van der Waals surface area contributed by atoms with E-state index in [2.05, 4.69) is 20.7 Å². The fourth-order valence-corrected chi connectivity index (χ4v) is 1.17. The summed E-state index contributed by atoms with van der Waals surface area (Å²) in [5.74, 6) is -2.17. The molecule has 0 aliphatic heterocycles. The fourth-order valence-electron chi connectivity index (χ4n) is 0.837. The normalized spacial score (nSPS) is 9.77. The predicted octanol–water partition coefficient (Wildman–Crippen LogP) is 2.08. The van der Waals surface area contributed by atoms with E-state index in [1.54, 1.807) is 0 Å². The Balaban J connectivity index is 3.33. The van der Waals surface area contributed by atoms with Crippen LogP contribution < -0.4 is 0 Å². The summed E-state index contributed by atoms with van der Waals surface area (Å²) < 4.78 is 17.6. The summed E-state index contributed by atoms with van der Waals surface area (Å²) in [6, 6.07) is 2.51. The van der Waals surface area contributed by atoms with Crippen LogP contribution in [-0.2, 0) is 4.74 Å². The van der Waals surface area contributed by atoms with E-state index in [1.165, 1.54) is 12.1 Å². The number of halogens is 2. The minimum atomic E-state index is -0.906. The van der Waals surface area contributed by atoms with Gasteiger partial charge < -0.3 is 9.84 Å². The molecule has 0 aliphatic rings. The van der Waals surface area contributed by atoms with Crippen LogP contribution in [0.15, 0.2) is 16.6 Å². The molecule has 0 unspecified atom stereocenters. The molecule has 1 N–H and O–H groups in total. The van der Waals surface area contributed by atoms with E-state index in [0.717, 1.165) is 7.11 Å². The number of ether oxygens (including phenoxy) is 1. The van der Waals surface area contributed by atoms with Crippen LogP contribution in [0.1, 0.15) is 10.4 Å². The van der Waals surface area contributed by atoms with Gasteiger partial charge in [0.25, 0.3) is 0 Å². The van der Waals surface area contributed by atoms with E-state index in [1.807, 2.05) is 0 Å². The number of benzene rings is 1. The maximum absolute atomic E-state index is 13.2. The zero-order valence-corrected chi connectivity index (χ0v) is 8.26. The van der Waals surface area contributed by atoms with Crippen LogP contribution >= 0.6 is 15.9 Å². The van der Waals surface area contributed by atoms with E-state index >= 15 is 0 Å². The first kappa shape index (κ1) is 9.98. The Hall–Kier alpha value is -1.10. The minimum Gasteiger partial charge on any atom is -0.507 e. The van der Waals surface area contributed by atoms with Crippen molar-refractivity contribution in [1.29, 1.82) is 0 Å². The zero-order chi connectivity index (χ0) is 10.0. The van der Waals surface area contributed by atoms with Gasteiger partial charge in [-0.3, -0.25) is 0 Å². The first-order valence-electron chi connectivity index (χ1n) is 3.33. The molecular formula is C8H6BrFO3. The largest absolute Gasteiger partial charge is 0.507 e. The summed E-state index contributed by atoms with van der Waals surface area (Å²) >= 11 is 2.88. The molecule has 3 nitrogen and oxygen atoms in total. The SMILES string of the molecule is COC(=O)c1c(O)ccc(Br)c1F. The van der Waals surface area contributed by atoms with Crippen molar-refractivity contribution in [3.8, 4) is 5.75 Å². The lowest BCUT2D eigenvalue weighted by Gasteiger charge is -2.04. The molecule has 0 saturated carbocycles. The second-order valence-corrected chi connectivity index (χ2v) is 3.10. The molecule has 0 bridgehead atoms. The van der Waals surface area contributed by atoms with Crippen molar-refractivity contribution >= 4 is 21.9 Å². The first-order chi connectivity index (χ1) is 6.07. The van der Waals surface area contributed by atoms with Crippen molar-refractivity contribution in [2.24, 2.45) is 0 Å². The minimum absolute atomic E-state index is 0.103. The molecule has 0 radical (unpaired) electrons. The first-order valence-corrected chi connectivity index (χ1v) is 4.12. The number of hydrogen-bond acceptors (Lipinski definition) is 3. The molecule has 0 atom stereocenters. The highest BCUT2D eigenvalue weighted by Gasteiger charge is 2.19. The molecule has 0 saturated heterocycles. The maximum Gasteiger partial charge on any atom is 0.344 e. The Morgan fingerprint density at radius 2 is 2.23 bits per heavy atom. The van der Waals surface area contributed by atoms with Gasteiger partial charge in [-0.1, -0.05) is 0 Å². The molecule has 0 fully saturated rings. The van der Waals surface area contributed by atoms with Gasteiger partial charge in [-0.05, 0) is 28.1 Å². The number of hydrogen-bond donors (Lipinski definition) is 1. The van der Waals surface area contributed by atoms with Gasteiger partial charge in [0.2, 0.25) is 0 Å². The van der Waals surface area contributed by atoms with Crippen molar-refractivity contribution in [3.63, 3.8) is 0 Å². The van der Waals surface area contributed by atoms with Crippen molar-refractivity contribution in [1.82, 2.24) is 0 Å². The van der Waals surface area contributed by atoms with Crippen LogP contribution in [-0.4, -0.2) is 18.2 Å². The number of aromatic hydroxyl groups is 1. The van der Waals surface area contributed by atoms with Gasteiger partial charge in [-0.15, -0.1) is 0 Å². The molecule has 0 aromatic heterocycles. The highest BCUT2D eigenvalue weighted by Crippen LogP contribution is 2.26. The average molecular weight is 249 g/mol. The Bertz CT molecular complexity index is 351. The molecular weight excluding hydrogens is 243 g/mol. The summed E-state index contributed by atoms with van der Waals surface area (Å²) in [6.45, 7) is 0. The van der Waals surface area contributed by atoms with Crippen LogP contribution in [0.5, 0.6) is 5.75 Å². The van der Waals surface area contributed by atoms with Crippen LogP contribution in [0, 0.1) is 5.82 Å². The molecule has 70 valence electrons. The van der Waals surface area contributed by atoms with Crippen molar-refractivity contribution in [2.75, 3.05) is 7.11 Å². The summed E-state index contributed by atoms with van der Waals surface area (Å²) in [6.07, 6.45) is 0. The molecule has 5 heteroatoms. The monoisotopic (exact) mass is 248 g/mol. The lowest BCUT2D eigenvalue weighted by Crippen LogP contribution is -2.05. The quantitative estimate of drug-likeness (QED) is 0.775. The van der Waals surface area contributed by atoms with Crippen LogP contribution in [0.4, 0.5) is 4.39 Å². The average Bonchev–Trinajstić information content (AvgIpc) is 2.12. The van der Waals surface area contributed by atoms with Crippen molar-refractivity contribution in [2.45, 2.75) is 0 Å². The van der Waals surface area contributed by atoms with Gasteiger partial charge in [-0.2, -0.15) is 0 Å². The summed E-state index contributed by atoms with van der Waals surface area (Å²) in [4.78, 5) is 11.0. The maximum atomic E-state index is 13.2. The standard InChI is InChI=1S/C8H6BrFO3/c1-13-8(12)6-5(11)3-2-4(9)7(6)10/h2-3,11H,1H3. The molecule has 0 heterocycles. The second-order valence-electron chi connectivity index (χ2n) is 2.25. The number of carbonyl (C=O) groups is 1. The Labute approximate surface area is 82.3 Å². The lowest BCUT2D eigenvalue weighted by molar-refractivity contribution is 0.0591. The summed E-state index contributed by atoms with van der Waals surface area (Å²) in [5.41, 5.74) is -0.461. The van der Waals surface area contributed by atoms with Crippen LogP contribution in [0.2, 0.25) is 0 Å². The third-order valence-electron chi connectivity index (χ3n) is 1.46. The van der Waals surface area contributed by atoms with E-state index in [0.29, 0.717) is 0 Å². The van der Waals surface area contributed by atoms with E-state index < -0.39 is 23.1 Å². The zero-order valence-electron chi connectivity index (χ0n) is 6.67. The molecule has 1 rings (SSSR count). The van der Waals surface area contributed by atoms with E-state index in [9.17, 15) is 9.18 Å². The number of methoxy groups -OCH3 is 1. The molecule has 13 heavy (non-hydrogen) atoms. The molecule has 0 aliphatic carbocycles. The van der Waals surface area contributed by atoms with Gasteiger partial charge in [0.05, 0.1) is 11.6 Å². The Morgan fingerprint density at radius 3 is 2.77 bits per heavy atom.